The quantitative estimate of drug-likeness (QED) is 0.833. The summed E-state index contributed by atoms with van der Waals surface area (Å²) in [6.07, 6.45) is -2.84. The van der Waals surface area contributed by atoms with E-state index >= 15 is 0 Å². The molecule has 0 amide bonds. The van der Waals surface area contributed by atoms with E-state index < -0.39 is 18.4 Å². The molecule has 0 aromatic heterocycles. The summed E-state index contributed by atoms with van der Waals surface area (Å²) in [4.78, 5) is 10.5. The van der Waals surface area contributed by atoms with Gasteiger partial charge in [0.25, 0.3) is 6.43 Å². The zero-order chi connectivity index (χ0) is 12.3. The van der Waals surface area contributed by atoms with E-state index in [1.807, 2.05) is 0 Å². The van der Waals surface area contributed by atoms with Gasteiger partial charge in [-0.3, -0.25) is 4.79 Å². The normalized spacial score (nSPS) is 12.8. The molecule has 0 bridgehead atoms. The zero-order valence-electron chi connectivity index (χ0n) is 8.78. The molecule has 0 aliphatic heterocycles. The van der Waals surface area contributed by atoms with E-state index in [0.717, 1.165) is 5.56 Å². The van der Waals surface area contributed by atoms with Crippen LogP contribution in [0.15, 0.2) is 18.2 Å². The molecule has 0 aliphatic rings. The SMILES string of the molecule is Cc1ccc(C(F)F)cc1C(N)CC(=O)O. The van der Waals surface area contributed by atoms with E-state index in [1.54, 1.807) is 6.92 Å². The summed E-state index contributed by atoms with van der Waals surface area (Å²) in [5.74, 6) is -1.05. The molecule has 1 atom stereocenters. The Balaban J connectivity index is 3.01. The molecule has 1 rings (SSSR count). The summed E-state index contributed by atoms with van der Waals surface area (Å²) in [6.45, 7) is 1.71. The third kappa shape index (κ3) is 3.00. The van der Waals surface area contributed by atoms with Crippen molar-refractivity contribution in [1.82, 2.24) is 0 Å². The van der Waals surface area contributed by atoms with Crippen LogP contribution in [0.2, 0.25) is 0 Å². The lowest BCUT2D eigenvalue weighted by Gasteiger charge is -2.14. The van der Waals surface area contributed by atoms with Gasteiger partial charge in [-0.15, -0.1) is 0 Å². The van der Waals surface area contributed by atoms with Gasteiger partial charge in [0, 0.05) is 11.6 Å². The Morgan fingerprint density at radius 2 is 2.12 bits per heavy atom. The molecule has 0 saturated carbocycles. The van der Waals surface area contributed by atoms with Crippen molar-refractivity contribution in [3.8, 4) is 0 Å². The van der Waals surface area contributed by atoms with E-state index in [0.29, 0.717) is 5.56 Å². The molecular weight excluding hydrogens is 216 g/mol. The minimum Gasteiger partial charge on any atom is -0.481 e. The Labute approximate surface area is 91.9 Å². The molecule has 0 aliphatic carbocycles. The van der Waals surface area contributed by atoms with Gasteiger partial charge in [-0.05, 0) is 24.1 Å². The van der Waals surface area contributed by atoms with Crippen molar-refractivity contribution in [3.05, 3.63) is 34.9 Å². The fraction of sp³-hybridized carbons (Fsp3) is 0.364. The number of hydrogen-bond donors (Lipinski definition) is 2. The lowest BCUT2D eigenvalue weighted by Crippen LogP contribution is -2.16. The fourth-order valence-corrected chi connectivity index (χ4v) is 1.49. The minimum absolute atomic E-state index is 0.138. The highest BCUT2D eigenvalue weighted by molar-refractivity contribution is 5.68. The first-order valence-electron chi connectivity index (χ1n) is 4.77. The topological polar surface area (TPSA) is 63.3 Å². The highest BCUT2D eigenvalue weighted by Gasteiger charge is 2.15. The van der Waals surface area contributed by atoms with Crippen LogP contribution in [0.5, 0.6) is 0 Å². The van der Waals surface area contributed by atoms with Crippen molar-refractivity contribution in [1.29, 1.82) is 0 Å². The van der Waals surface area contributed by atoms with Crippen LogP contribution >= 0.6 is 0 Å². The smallest absolute Gasteiger partial charge is 0.305 e. The van der Waals surface area contributed by atoms with Crippen LogP contribution in [-0.4, -0.2) is 11.1 Å². The van der Waals surface area contributed by atoms with Crippen molar-refractivity contribution in [2.45, 2.75) is 25.8 Å². The summed E-state index contributed by atoms with van der Waals surface area (Å²) in [5.41, 5.74) is 6.68. The van der Waals surface area contributed by atoms with Gasteiger partial charge in [0.1, 0.15) is 0 Å². The first-order valence-corrected chi connectivity index (χ1v) is 4.77. The molecule has 0 fully saturated rings. The van der Waals surface area contributed by atoms with Crippen molar-refractivity contribution in [2.24, 2.45) is 5.73 Å². The largest absolute Gasteiger partial charge is 0.481 e. The molecule has 0 radical (unpaired) electrons. The molecule has 5 heteroatoms. The van der Waals surface area contributed by atoms with E-state index in [9.17, 15) is 13.6 Å². The second-order valence-electron chi connectivity index (χ2n) is 3.62. The van der Waals surface area contributed by atoms with Gasteiger partial charge in [0.05, 0.1) is 6.42 Å². The number of carboxylic acids is 1. The van der Waals surface area contributed by atoms with Crippen molar-refractivity contribution in [3.63, 3.8) is 0 Å². The van der Waals surface area contributed by atoms with E-state index in [1.165, 1.54) is 18.2 Å². The monoisotopic (exact) mass is 229 g/mol. The molecule has 3 N–H and O–H groups in total. The van der Waals surface area contributed by atoms with Crippen molar-refractivity contribution < 1.29 is 18.7 Å². The first kappa shape index (κ1) is 12.6. The molecule has 16 heavy (non-hydrogen) atoms. The van der Waals surface area contributed by atoms with E-state index in [-0.39, 0.29) is 12.0 Å². The van der Waals surface area contributed by atoms with Gasteiger partial charge in [-0.2, -0.15) is 0 Å². The summed E-state index contributed by atoms with van der Waals surface area (Å²) >= 11 is 0. The van der Waals surface area contributed by atoms with Crippen LogP contribution in [0.3, 0.4) is 0 Å². The van der Waals surface area contributed by atoms with Gasteiger partial charge in [-0.25, -0.2) is 8.78 Å². The maximum atomic E-state index is 12.4. The molecule has 1 aromatic carbocycles. The van der Waals surface area contributed by atoms with Crippen LogP contribution in [0.25, 0.3) is 0 Å². The van der Waals surface area contributed by atoms with E-state index in [2.05, 4.69) is 0 Å². The summed E-state index contributed by atoms with van der Waals surface area (Å²) in [7, 11) is 0. The Morgan fingerprint density at radius 3 is 2.62 bits per heavy atom. The molecule has 0 spiro atoms. The Bertz CT molecular complexity index is 394. The molecule has 1 aromatic rings. The summed E-state index contributed by atoms with van der Waals surface area (Å²) < 4.78 is 24.9. The van der Waals surface area contributed by atoms with Gasteiger partial charge in [-0.1, -0.05) is 12.1 Å². The van der Waals surface area contributed by atoms with E-state index in [4.69, 9.17) is 10.8 Å². The highest BCUT2D eigenvalue weighted by Crippen LogP contribution is 2.25. The number of alkyl halides is 2. The molecule has 0 heterocycles. The third-order valence-corrected chi connectivity index (χ3v) is 2.35. The lowest BCUT2D eigenvalue weighted by atomic mass is 9.97. The van der Waals surface area contributed by atoms with Crippen LogP contribution in [0, 0.1) is 6.92 Å². The number of nitrogens with two attached hydrogens (primary N) is 1. The Morgan fingerprint density at radius 1 is 1.50 bits per heavy atom. The predicted octanol–water partition coefficient (Wildman–Crippen LogP) is 2.41. The minimum atomic E-state index is -2.57. The number of rotatable bonds is 4. The van der Waals surface area contributed by atoms with Crippen molar-refractivity contribution in [2.75, 3.05) is 0 Å². The molecule has 3 nitrogen and oxygen atoms in total. The van der Waals surface area contributed by atoms with Crippen LogP contribution < -0.4 is 5.73 Å². The van der Waals surface area contributed by atoms with Gasteiger partial charge in [0.15, 0.2) is 0 Å². The Hall–Kier alpha value is -1.49. The number of hydrogen-bond acceptors (Lipinski definition) is 2. The standard InChI is InChI=1S/C11H13F2NO2/c1-6-2-3-7(11(12)13)4-8(6)9(14)5-10(15)16/h2-4,9,11H,5,14H2,1H3,(H,15,16). The highest BCUT2D eigenvalue weighted by atomic mass is 19.3. The summed E-state index contributed by atoms with van der Waals surface area (Å²) in [5, 5.41) is 8.59. The molecule has 0 saturated heterocycles. The fourth-order valence-electron chi connectivity index (χ4n) is 1.49. The predicted molar refractivity (Wildman–Crippen MR) is 55.3 cm³/mol. The second-order valence-corrected chi connectivity index (χ2v) is 3.62. The third-order valence-electron chi connectivity index (χ3n) is 2.35. The van der Waals surface area contributed by atoms with Crippen molar-refractivity contribution >= 4 is 5.97 Å². The molecule has 88 valence electrons. The Kier molecular flexibility index (Phi) is 3.95. The van der Waals surface area contributed by atoms with Gasteiger partial charge >= 0.3 is 5.97 Å². The van der Waals surface area contributed by atoms with Gasteiger partial charge in [0.2, 0.25) is 0 Å². The lowest BCUT2D eigenvalue weighted by molar-refractivity contribution is -0.137. The van der Waals surface area contributed by atoms with Crippen LogP contribution in [0.1, 0.15) is 35.6 Å². The summed E-state index contributed by atoms with van der Waals surface area (Å²) in [6, 6.07) is 3.36. The zero-order valence-corrected chi connectivity index (χ0v) is 8.78. The second kappa shape index (κ2) is 5.03. The molecule has 1 unspecified atom stereocenters. The van der Waals surface area contributed by atoms with Crippen LogP contribution in [0.4, 0.5) is 8.78 Å². The first-order chi connectivity index (χ1) is 7.41. The average molecular weight is 229 g/mol. The number of carboxylic acid groups (broad SMARTS) is 1. The van der Waals surface area contributed by atoms with Crippen LogP contribution in [-0.2, 0) is 4.79 Å². The maximum Gasteiger partial charge on any atom is 0.305 e. The number of carbonyl (C=O) groups is 1. The maximum absolute atomic E-state index is 12.4. The average Bonchev–Trinajstić information content (AvgIpc) is 2.16. The molecular formula is C11H13F2NO2. The number of benzene rings is 1. The van der Waals surface area contributed by atoms with Gasteiger partial charge < -0.3 is 10.8 Å². The number of aryl methyl sites for hydroxylation is 1. The number of halogens is 2. The number of aliphatic carboxylic acids is 1.